The summed E-state index contributed by atoms with van der Waals surface area (Å²) in [6.07, 6.45) is -2.62. The Balaban J connectivity index is 2.63. The highest BCUT2D eigenvalue weighted by molar-refractivity contribution is 5.56. The number of ether oxygens (including phenoxy) is 2. The summed E-state index contributed by atoms with van der Waals surface area (Å²) in [5.74, 6) is 0.371. The van der Waals surface area contributed by atoms with E-state index in [4.69, 9.17) is 9.47 Å². The Hall–Kier alpha value is -1.96. The molecule has 0 aliphatic rings. The van der Waals surface area contributed by atoms with Crippen molar-refractivity contribution in [2.75, 3.05) is 25.1 Å². The third-order valence-corrected chi connectivity index (χ3v) is 2.29. The van der Waals surface area contributed by atoms with Crippen LogP contribution in [-0.2, 0) is 4.74 Å². The van der Waals surface area contributed by atoms with Gasteiger partial charge in [0.05, 0.1) is 23.7 Å². The van der Waals surface area contributed by atoms with E-state index in [9.17, 15) is 18.9 Å². The molecule has 0 spiro atoms. The first kappa shape index (κ1) is 17.1. The van der Waals surface area contributed by atoms with Crippen molar-refractivity contribution < 1.29 is 23.2 Å². The van der Waals surface area contributed by atoms with Crippen LogP contribution in [0.2, 0.25) is 0 Å². The molecule has 0 amide bonds. The van der Waals surface area contributed by atoms with Crippen molar-refractivity contribution in [2.24, 2.45) is 0 Å². The molecule has 118 valence electrons. The number of rotatable bonds is 9. The van der Waals surface area contributed by atoms with E-state index in [0.717, 1.165) is 0 Å². The van der Waals surface area contributed by atoms with Gasteiger partial charge in [-0.15, -0.1) is 0 Å². The van der Waals surface area contributed by atoms with E-state index in [1.807, 2.05) is 13.8 Å². The quantitative estimate of drug-likeness (QED) is 0.431. The molecule has 8 heteroatoms. The van der Waals surface area contributed by atoms with E-state index in [-0.39, 0.29) is 24.9 Å². The Morgan fingerprint density at radius 1 is 1.33 bits per heavy atom. The van der Waals surface area contributed by atoms with Gasteiger partial charge >= 0.3 is 0 Å². The molecule has 1 N–H and O–H groups in total. The molecule has 0 atom stereocenters. The lowest BCUT2D eigenvalue weighted by Gasteiger charge is -2.12. The minimum absolute atomic E-state index is 0.0768. The lowest BCUT2D eigenvalue weighted by Crippen LogP contribution is -2.13. The predicted octanol–water partition coefficient (Wildman–Crippen LogP) is 3.08. The van der Waals surface area contributed by atoms with Gasteiger partial charge in [0, 0.05) is 24.4 Å². The zero-order valence-electron chi connectivity index (χ0n) is 11.8. The summed E-state index contributed by atoms with van der Waals surface area (Å²) in [5.41, 5.74) is 0.365. The molecule has 0 radical (unpaired) electrons. The van der Waals surface area contributed by atoms with Crippen LogP contribution < -0.4 is 10.1 Å². The fourth-order valence-corrected chi connectivity index (χ4v) is 1.57. The van der Waals surface area contributed by atoms with Crippen molar-refractivity contribution in [3.8, 4) is 5.75 Å². The first-order valence-corrected chi connectivity index (χ1v) is 6.44. The lowest BCUT2D eigenvalue weighted by atomic mass is 10.2. The van der Waals surface area contributed by atoms with E-state index >= 15 is 0 Å². The molecule has 0 aromatic heterocycles. The number of nitro groups is 1. The summed E-state index contributed by atoms with van der Waals surface area (Å²) in [7, 11) is 0. The molecule has 1 aromatic carbocycles. The number of nitrogens with one attached hydrogen (secondary N) is 1. The number of halogens is 2. The van der Waals surface area contributed by atoms with Crippen LogP contribution >= 0.6 is 0 Å². The molecular weight excluding hydrogens is 286 g/mol. The summed E-state index contributed by atoms with van der Waals surface area (Å²) in [6.45, 7) is 3.33. The zero-order chi connectivity index (χ0) is 15.8. The smallest absolute Gasteiger partial charge is 0.275 e. The summed E-state index contributed by atoms with van der Waals surface area (Å²) < 4.78 is 33.9. The Morgan fingerprint density at radius 3 is 2.62 bits per heavy atom. The molecular formula is C13H18F2N2O4. The molecule has 0 aliphatic carbocycles. The molecule has 0 fully saturated rings. The summed E-state index contributed by atoms with van der Waals surface area (Å²) in [6, 6.07) is 4.29. The van der Waals surface area contributed by atoms with Crippen LogP contribution in [0.1, 0.15) is 13.8 Å². The Kier molecular flexibility index (Phi) is 6.80. The number of nitro benzene ring substituents is 1. The second kappa shape index (κ2) is 8.35. The Bertz CT molecular complexity index is 469. The number of nitrogens with zero attached hydrogens (tertiary/aromatic N) is 1. The van der Waals surface area contributed by atoms with Crippen molar-refractivity contribution in [3.63, 3.8) is 0 Å². The van der Waals surface area contributed by atoms with Crippen LogP contribution in [0.25, 0.3) is 0 Å². The van der Waals surface area contributed by atoms with Crippen LogP contribution in [0, 0.1) is 10.1 Å². The monoisotopic (exact) mass is 304 g/mol. The summed E-state index contributed by atoms with van der Waals surface area (Å²) in [4.78, 5) is 10.3. The topological polar surface area (TPSA) is 73.6 Å². The van der Waals surface area contributed by atoms with Gasteiger partial charge in [0.2, 0.25) is 0 Å². The number of anilines is 1. The second-order valence-corrected chi connectivity index (χ2v) is 4.53. The highest BCUT2D eigenvalue weighted by atomic mass is 19.3. The molecule has 0 unspecified atom stereocenters. The molecule has 1 rings (SSSR count). The van der Waals surface area contributed by atoms with Crippen LogP contribution in [-0.4, -0.2) is 37.2 Å². The van der Waals surface area contributed by atoms with Crippen molar-refractivity contribution >= 4 is 11.4 Å². The normalized spacial score (nSPS) is 11.0. The zero-order valence-corrected chi connectivity index (χ0v) is 11.8. The van der Waals surface area contributed by atoms with Crippen LogP contribution in [0.5, 0.6) is 5.75 Å². The van der Waals surface area contributed by atoms with Gasteiger partial charge in [0.1, 0.15) is 12.4 Å². The van der Waals surface area contributed by atoms with Gasteiger partial charge in [-0.1, -0.05) is 0 Å². The number of alkyl halides is 2. The SMILES string of the molecule is CC(C)Oc1cc(NCCOCC(F)F)cc([N+](=O)[O-])c1. The van der Waals surface area contributed by atoms with E-state index in [1.54, 1.807) is 6.07 Å². The average Bonchev–Trinajstić information content (AvgIpc) is 2.36. The van der Waals surface area contributed by atoms with Gasteiger partial charge in [-0.3, -0.25) is 10.1 Å². The highest BCUT2D eigenvalue weighted by Gasteiger charge is 2.11. The second-order valence-electron chi connectivity index (χ2n) is 4.53. The van der Waals surface area contributed by atoms with Gasteiger partial charge in [-0.05, 0) is 13.8 Å². The molecule has 6 nitrogen and oxygen atoms in total. The molecule has 1 aromatic rings. The maximum absolute atomic E-state index is 11.9. The molecule has 0 heterocycles. The minimum Gasteiger partial charge on any atom is -0.491 e. The number of benzene rings is 1. The van der Waals surface area contributed by atoms with Crippen LogP contribution in [0.3, 0.4) is 0 Å². The largest absolute Gasteiger partial charge is 0.491 e. The van der Waals surface area contributed by atoms with E-state index in [2.05, 4.69) is 5.32 Å². The van der Waals surface area contributed by atoms with Gasteiger partial charge in [-0.25, -0.2) is 8.78 Å². The maximum atomic E-state index is 11.9. The van der Waals surface area contributed by atoms with Crippen molar-refractivity contribution in [2.45, 2.75) is 26.4 Å². The van der Waals surface area contributed by atoms with Crippen molar-refractivity contribution in [1.82, 2.24) is 0 Å². The Morgan fingerprint density at radius 2 is 2.05 bits per heavy atom. The van der Waals surface area contributed by atoms with Gasteiger partial charge in [0.25, 0.3) is 12.1 Å². The number of hydrogen-bond acceptors (Lipinski definition) is 5. The third-order valence-electron chi connectivity index (χ3n) is 2.29. The van der Waals surface area contributed by atoms with Crippen LogP contribution in [0.4, 0.5) is 20.2 Å². The first-order chi connectivity index (χ1) is 9.88. The third kappa shape index (κ3) is 6.84. The fraction of sp³-hybridized carbons (Fsp3) is 0.538. The molecule has 0 saturated heterocycles. The summed E-state index contributed by atoms with van der Waals surface area (Å²) >= 11 is 0. The molecule has 0 saturated carbocycles. The number of non-ortho nitro benzene ring substituents is 1. The van der Waals surface area contributed by atoms with Gasteiger partial charge < -0.3 is 14.8 Å². The van der Waals surface area contributed by atoms with E-state index in [1.165, 1.54) is 12.1 Å². The predicted molar refractivity (Wildman–Crippen MR) is 74.2 cm³/mol. The van der Waals surface area contributed by atoms with Gasteiger partial charge in [-0.2, -0.15) is 0 Å². The highest BCUT2D eigenvalue weighted by Crippen LogP contribution is 2.26. The fourth-order valence-electron chi connectivity index (χ4n) is 1.57. The van der Waals surface area contributed by atoms with Crippen molar-refractivity contribution in [3.05, 3.63) is 28.3 Å². The summed E-state index contributed by atoms with van der Waals surface area (Å²) in [5, 5.41) is 13.7. The molecule has 0 aliphatic heterocycles. The maximum Gasteiger partial charge on any atom is 0.275 e. The average molecular weight is 304 g/mol. The molecule has 0 bridgehead atoms. The van der Waals surface area contributed by atoms with Crippen LogP contribution in [0.15, 0.2) is 18.2 Å². The Labute approximate surface area is 121 Å². The number of hydrogen-bond donors (Lipinski definition) is 1. The molecule has 21 heavy (non-hydrogen) atoms. The van der Waals surface area contributed by atoms with Crippen molar-refractivity contribution in [1.29, 1.82) is 0 Å². The standard InChI is InChI=1S/C13H18F2N2O4/c1-9(2)21-12-6-10(5-11(7-12)17(18)19)16-3-4-20-8-13(14)15/h5-7,9,13,16H,3-4,8H2,1-2H3. The minimum atomic E-state index is -2.51. The van der Waals surface area contributed by atoms with E-state index < -0.39 is 18.0 Å². The lowest BCUT2D eigenvalue weighted by molar-refractivity contribution is -0.384. The first-order valence-electron chi connectivity index (χ1n) is 6.44. The van der Waals surface area contributed by atoms with Gasteiger partial charge in [0.15, 0.2) is 0 Å². The van der Waals surface area contributed by atoms with E-state index in [0.29, 0.717) is 11.4 Å².